The zero-order valence-corrected chi connectivity index (χ0v) is 27.1. The Bertz CT molecular complexity index is 1740. The SMILES string of the molecule is CCn1nc(-c2cccc(-c3ccc(CC(=O)NCC(C)N4CCOCC4)cc3)c2)cc(NC(=O)Nc2c(Cl)cncc2Cl)c1=O. The average molecular weight is 665 g/mol. The Labute approximate surface area is 276 Å². The van der Waals surface area contributed by atoms with Crippen molar-refractivity contribution in [1.82, 2.24) is 25.0 Å². The molecule has 1 aliphatic heterocycles. The van der Waals surface area contributed by atoms with Gasteiger partial charge in [0, 0.05) is 50.2 Å². The fraction of sp³-hybridized carbons (Fsp3) is 0.303. The monoisotopic (exact) mass is 663 g/mol. The summed E-state index contributed by atoms with van der Waals surface area (Å²) in [7, 11) is 0. The highest BCUT2D eigenvalue weighted by Crippen LogP contribution is 2.29. The molecule has 1 saturated heterocycles. The van der Waals surface area contributed by atoms with Gasteiger partial charge in [0.2, 0.25) is 5.91 Å². The van der Waals surface area contributed by atoms with Crippen LogP contribution in [0.2, 0.25) is 10.0 Å². The Morgan fingerprint density at radius 1 is 0.957 bits per heavy atom. The number of carbonyl (C=O) groups excluding carboxylic acids is 2. The molecule has 0 spiro atoms. The Hall–Kier alpha value is -4.29. The lowest BCUT2D eigenvalue weighted by atomic mass is 9.99. The number of aryl methyl sites for hydroxylation is 1. The van der Waals surface area contributed by atoms with Crippen LogP contribution in [0.3, 0.4) is 0 Å². The predicted octanol–water partition coefficient (Wildman–Crippen LogP) is 5.32. The molecule has 0 saturated carbocycles. The van der Waals surface area contributed by atoms with Crippen LogP contribution in [-0.4, -0.2) is 70.5 Å². The lowest BCUT2D eigenvalue weighted by molar-refractivity contribution is -0.120. The van der Waals surface area contributed by atoms with Crippen LogP contribution in [0.5, 0.6) is 0 Å². The van der Waals surface area contributed by atoms with Crippen LogP contribution in [-0.2, 0) is 22.5 Å². The van der Waals surface area contributed by atoms with Gasteiger partial charge in [-0.3, -0.25) is 19.5 Å². The van der Waals surface area contributed by atoms with Gasteiger partial charge in [-0.15, -0.1) is 0 Å². The molecule has 0 aliphatic carbocycles. The number of halogens is 2. The minimum atomic E-state index is -0.693. The number of hydrogen-bond acceptors (Lipinski definition) is 7. The van der Waals surface area contributed by atoms with Crippen molar-refractivity contribution in [2.75, 3.05) is 43.5 Å². The third kappa shape index (κ3) is 8.29. The number of hydrogen-bond donors (Lipinski definition) is 3. The van der Waals surface area contributed by atoms with Gasteiger partial charge in [-0.2, -0.15) is 5.10 Å². The summed E-state index contributed by atoms with van der Waals surface area (Å²) < 4.78 is 6.69. The van der Waals surface area contributed by atoms with Gasteiger partial charge in [0.05, 0.1) is 41.1 Å². The topological polar surface area (TPSA) is 130 Å². The summed E-state index contributed by atoms with van der Waals surface area (Å²) in [4.78, 5) is 44.6. The molecule has 1 atom stereocenters. The molecule has 46 heavy (non-hydrogen) atoms. The number of aromatic nitrogens is 3. The Morgan fingerprint density at radius 3 is 2.35 bits per heavy atom. The molecule has 0 bridgehead atoms. The van der Waals surface area contributed by atoms with E-state index in [1.807, 2.05) is 48.5 Å². The zero-order valence-electron chi connectivity index (χ0n) is 25.6. The van der Waals surface area contributed by atoms with Crippen LogP contribution in [0.15, 0.2) is 71.8 Å². The van der Waals surface area contributed by atoms with E-state index in [0.717, 1.165) is 48.6 Å². The number of carbonyl (C=O) groups is 2. The molecular formula is C33H35Cl2N7O4. The third-order valence-electron chi connectivity index (χ3n) is 7.69. The first-order chi connectivity index (χ1) is 22.2. The normalized spacial score (nSPS) is 14.0. The number of morpholine rings is 1. The number of nitrogens with one attached hydrogen (secondary N) is 3. The molecule has 1 unspecified atom stereocenters. The average Bonchev–Trinajstić information content (AvgIpc) is 3.07. The highest BCUT2D eigenvalue weighted by atomic mass is 35.5. The van der Waals surface area contributed by atoms with Gasteiger partial charge < -0.3 is 20.7 Å². The van der Waals surface area contributed by atoms with Crippen molar-refractivity contribution >= 4 is 46.5 Å². The molecule has 3 N–H and O–H groups in total. The lowest BCUT2D eigenvalue weighted by Crippen LogP contribution is -2.47. The summed E-state index contributed by atoms with van der Waals surface area (Å²) in [6, 6.07) is 16.7. The molecule has 1 aliphatic rings. The van der Waals surface area contributed by atoms with E-state index < -0.39 is 11.6 Å². The van der Waals surface area contributed by atoms with E-state index in [-0.39, 0.29) is 33.4 Å². The summed E-state index contributed by atoms with van der Waals surface area (Å²) in [6.45, 7) is 8.02. The van der Waals surface area contributed by atoms with E-state index in [1.165, 1.54) is 23.1 Å². The summed E-state index contributed by atoms with van der Waals surface area (Å²) in [5.41, 5.74) is 3.81. The number of amides is 3. The minimum Gasteiger partial charge on any atom is -0.379 e. The summed E-state index contributed by atoms with van der Waals surface area (Å²) in [6.07, 6.45) is 3.00. The minimum absolute atomic E-state index is 0.0166. The molecule has 2 aromatic carbocycles. The Kier molecular flexibility index (Phi) is 11.0. The van der Waals surface area contributed by atoms with Gasteiger partial charge in [-0.1, -0.05) is 65.7 Å². The first-order valence-corrected chi connectivity index (χ1v) is 15.7. The van der Waals surface area contributed by atoms with Crippen molar-refractivity contribution in [3.05, 3.63) is 93.0 Å². The lowest BCUT2D eigenvalue weighted by Gasteiger charge is -2.32. The number of rotatable bonds is 10. The predicted molar refractivity (Wildman–Crippen MR) is 181 cm³/mol. The molecule has 13 heteroatoms. The first kappa shape index (κ1) is 33.1. The quantitative estimate of drug-likeness (QED) is 0.209. The van der Waals surface area contributed by atoms with Crippen molar-refractivity contribution in [2.24, 2.45) is 0 Å². The van der Waals surface area contributed by atoms with Crippen molar-refractivity contribution < 1.29 is 14.3 Å². The number of anilines is 2. The van der Waals surface area contributed by atoms with Crippen LogP contribution >= 0.6 is 23.2 Å². The summed E-state index contributed by atoms with van der Waals surface area (Å²) in [5.74, 6) is -0.0166. The maximum Gasteiger partial charge on any atom is 0.323 e. The van der Waals surface area contributed by atoms with Gasteiger partial charge >= 0.3 is 6.03 Å². The van der Waals surface area contributed by atoms with E-state index >= 15 is 0 Å². The number of benzene rings is 2. The van der Waals surface area contributed by atoms with Crippen LogP contribution in [0.25, 0.3) is 22.4 Å². The van der Waals surface area contributed by atoms with E-state index in [2.05, 4.69) is 37.9 Å². The number of urea groups is 1. The Balaban J connectivity index is 1.27. The smallest absolute Gasteiger partial charge is 0.323 e. The Morgan fingerprint density at radius 2 is 1.65 bits per heavy atom. The number of ether oxygens (including phenoxy) is 1. The van der Waals surface area contributed by atoms with Crippen molar-refractivity contribution in [3.8, 4) is 22.4 Å². The van der Waals surface area contributed by atoms with E-state index in [1.54, 1.807) is 6.92 Å². The maximum atomic E-state index is 13.0. The van der Waals surface area contributed by atoms with Crippen molar-refractivity contribution in [1.29, 1.82) is 0 Å². The van der Waals surface area contributed by atoms with Crippen molar-refractivity contribution in [3.63, 3.8) is 0 Å². The molecule has 240 valence electrons. The maximum absolute atomic E-state index is 13.0. The first-order valence-electron chi connectivity index (χ1n) is 15.0. The molecule has 4 aromatic rings. The van der Waals surface area contributed by atoms with Gasteiger partial charge in [-0.05, 0) is 42.7 Å². The molecule has 2 aromatic heterocycles. The number of nitrogens with zero attached hydrogens (tertiary/aromatic N) is 4. The van der Waals surface area contributed by atoms with E-state index in [4.69, 9.17) is 27.9 Å². The van der Waals surface area contributed by atoms with Gasteiger partial charge in [-0.25, -0.2) is 9.48 Å². The molecule has 5 rings (SSSR count). The largest absolute Gasteiger partial charge is 0.379 e. The van der Waals surface area contributed by atoms with E-state index in [0.29, 0.717) is 25.2 Å². The highest BCUT2D eigenvalue weighted by molar-refractivity contribution is 6.39. The van der Waals surface area contributed by atoms with Gasteiger partial charge in [0.15, 0.2) is 0 Å². The fourth-order valence-corrected chi connectivity index (χ4v) is 5.57. The molecule has 0 radical (unpaired) electrons. The summed E-state index contributed by atoms with van der Waals surface area (Å²) >= 11 is 12.2. The number of pyridine rings is 1. The van der Waals surface area contributed by atoms with Crippen LogP contribution in [0.1, 0.15) is 19.4 Å². The van der Waals surface area contributed by atoms with Crippen LogP contribution < -0.4 is 21.5 Å². The molecule has 3 amide bonds. The summed E-state index contributed by atoms with van der Waals surface area (Å²) in [5, 5.41) is 13.0. The second kappa shape index (κ2) is 15.3. The molecule has 1 fully saturated rings. The highest BCUT2D eigenvalue weighted by Gasteiger charge is 2.18. The molecular weight excluding hydrogens is 629 g/mol. The van der Waals surface area contributed by atoms with Gasteiger partial charge in [0.1, 0.15) is 5.69 Å². The van der Waals surface area contributed by atoms with Crippen molar-refractivity contribution in [2.45, 2.75) is 32.9 Å². The molecule has 11 nitrogen and oxygen atoms in total. The van der Waals surface area contributed by atoms with Gasteiger partial charge in [0.25, 0.3) is 5.56 Å². The fourth-order valence-electron chi connectivity index (χ4n) is 5.11. The third-order valence-corrected chi connectivity index (χ3v) is 8.26. The molecule has 3 heterocycles. The second-order valence-electron chi connectivity index (χ2n) is 10.9. The standard InChI is InChI=1S/C33H35Cl2N7O4/c1-3-42-32(44)29(38-33(45)39-31-26(34)19-36-20-27(31)35)17-28(40-42)25-6-4-5-24(16-25)23-9-7-22(8-10-23)15-30(43)37-18-21(2)41-11-13-46-14-12-41/h4-10,16-17,19-21H,3,11-15,18H2,1-2H3,(H,37,43)(H2,36,38,39,45). The van der Waals surface area contributed by atoms with Crippen LogP contribution in [0, 0.1) is 0 Å². The zero-order chi connectivity index (χ0) is 32.6. The second-order valence-corrected chi connectivity index (χ2v) is 11.7. The van der Waals surface area contributed by atoms with E-state index in [9.17, 15) is 14.4 Å². The van der Waals surface area contributed by atoms with Crippen LogP contribution in [0.4, 0.5) is 16.2 Å².